The van der Waals surface area contributed by atoms with Crippen LogP contribution in [0.15, 0.2) is 34.9 Å². The molecule has 2 aromatic rings. The molecule has 0 bridgehead atoms. The highest BCUT2D eigenvalue weighted by atomic mass is 79.9. The van der Waals surface area contributed by atoms with Gasteiger partial charge in [0.05, 0.1) is 0 Å². The second-order valence-corrected chi connectivity index (χ2v) is 5.10. The van der Waals surface area contributed by atoms with E-state index in [0.29, 0.717) is 6.42 Å². The lowest BCUT2D eigenvalue weighted by molar-refractivity contribution is 0.0981. The van der Waals surface area contributed by atoms with Crippen molar-refractivity contribution >= 4 is 21.7 Å². The van der Waals surface area contributed by atoms with Gasteiger partial charge < -0.3 is 0 Å². The minimum atomic E-state index is 0.159. The predicted molar refractivity (Wildman–Crippen MR) is 74.7 cm³/mol. The fourth-order valence-corrected chi connectivity index (χ4v) is 2.37. The maximum atomic E-state index is 12.2. The van der Waals surface area contributed by atoms with Crippen molar-refractivity contribution in [3.8, 4) is 0 Å². The van der Waals surface area contributed by atoms with Crippen molar-refractivity contribution in [3.05, 3.63) is 51.8 Å². The van der Waals surface area contributed by atoms with Crippen molar-refractivity contribution in [2.45, 2.75) is 19.8 Å². The first-order valence-corrected chi connectivity index (χ1v) is 6.64. The number of ketones is 1. The van der Waals surface area contributed by atoms with Crippen molar-refractivity contribution < 1.29 is 4.79 Å². The van der Waals surface area contributed by atoms with Crippen LogP contribution in [0.4, 0.5) is 0 Å². The summed E-state index contributed by atoms with van der Waals surface area (Å²) in [5, 5.41) is 4.10. The molecule has 1 aromatic carbocycles. The van der Waals surface area contributed by atoms with Gasteiger partial charge in [-0.2, -0.15) is 5.10 Å². The summed E-state index contributed by atoms with van der Waals surface area (Å²) < 4.78 is 2.71. The Balaban J connectivity index is 2.09. The molecule has 0 aliphatic carbocycles. The van der Waals surface area contributed by atoms with Crippen LogP contribution >= 0.6 is 15.9 Å². The van der Waals surface area contributed by atoms with E-state index in [9.17, 15) is 4.79 Å². The highest BCUT2D eigenvalue weighted by molar-refractivity contribution is 9.10. The zero-order chi connectivity index (χ0) is 13.1. The highest BCUT2D eigenvalue weighted by Gasteiger charge is 2.12. The van der Waals surface area contributed by atoms with Gasteiger partial charge in [0.2, 0.25) is 0 Å². The van der Waals surface area contributed by atoms with Gasteiger partial charge in [0.1, 0.15) is 0 Å². The van der Waals surface area contributed by atoms with E-state index in [1.54, 1.807) is 10.9 Å². The standard InChI is InChI=1S/C14H15BrN2O/c1-10-4-3-5-12(14(10)15)13(18)7-6-11-8-9-16-17(11)2/h3-5,8-9H,6-7H2,1-2H3. The first-order valence-electron chi connectivity index (χ1n) is 5.85. The molecule has 1 aromatic heterocycles. The van der Waals surface area contributed by atoms with E-state index in [1.165, 1.54) is 0 Å². The maximum absolute atomic E-state index is 12.2. The molecule has 0 atom stereocenters. The summed E-state index contributed by atoms with van der Waals surface area (Å²) in [5.74, 6) is 0.159. The molecule has 1 heterocycles. The van der Waals surface area contributed by atoms with Gasteiger partial charge in [-0.05, 0) is 40.9 Å². The van der Waals surface area contributed by atoms with Crippen molar-refractivity contribution in [1.82, 2.24) is 9.78 Å². The SMILES string of the molecule is Cc1cccc(C(=O)CCc2ccnn2C)c1Br. The quantitative estimate of drug-likeness (QED) is 0.812. The van der Waals surface area contributed by atoms with E-state index in [2.05, 4.69) is 21.0 Å². The summed E-state index contributed by atoms with van der Waals surface area (Å²) in [6, 6.07) is 7.71. The molecule has 3 nitrogen and oxygen atoms in total. The molecule has 94 valence electrons. The Labute approximate surface area is 115 Å². The molecule has 0 radical (unpaired) electrons. The number of nitrogens with zero attached hydrogens (tertiary/aromatic N) is 2. The number of hydrogen-bond acceptors (Lipinski definition) is 2. The predicted octanol–water partition coefficient (Wildman–Crippen LogP) is 3.31. The van der Waals surface area contributed by atoms with Gasteiger partial charge in [-0.25, -0.2) is 0 Å². The second-order valence-electron chi connectivity index (χ2n) is 4.31. The lowest BCUT2D eigenvalue weighted by Gasteiger charge is -2.06. The number of Topliss-reactive ketones (excluding diaryl/α,β-unsaturated/α-hetero) is 1. The number of hydrogen-bond donors (Lipinski definition) is 0. The Bertz CT molecular complexity index is 575. The van der Waals surface area contributed by atoms with Gasteiger partial charge in [-0.15, -0.1) is 0 Å². The molecule has 0 spiro atoms. The monoisotopic (exact) mass is 306 g/mol. The van der Waals surface area contributed by atoms with Gasteiger partial charge in [0.25, 0.3) is 0 Å². The molecule has 2 rings (SSSR count). The molecule has 0 amide bonds. The van der Waals surface area contributed by atoms with E-state index in [-0.39, 0.29) is 5.78 Å². The molecule has 0 saturated heterocycles. The van der Waals surface area contributed by atoms with Crippen LogP contribution in [0.1, 0.15) is 28.0 Å². The van der Waals surface area contributed by atoms with E-state index in [0.717, 1.165) is 27.7 Å². The minimum Gasteiger partial charge on any atom is -0.294 e. The zero-order valence-electron chi connectivity index (χ0n) is 10.5. The third-order valence-corrected chi connectivity index (χ3v) is 4.08. The molecule has 18 heavy (non-hydrogen) atoms. The topological polar surface area (TPSA) is 34.9 Å². The number of aromatic nitrogens is 2. The van der Waals surface area contributed by atoms with Gasteiger partial charge in [-0.1, -0.05) is 18.2 Å². The van der Waals surface area contributed by atoms with Crippen molar-refractivity contribution in [1.29, 1.82) is 0 Å². The molecule has 0 aliphatic heterocycles. The van der Waals surface area contributed by atoms with Crippen LogP contribution in [-0.4, -0.2) is 15.6 Å². The first kappa shape index (κ1) is 13.0. The van der Waals surface area contributed by atoms with Crippen molar-refractivity contribution in [2.75, 3.05) is 0 Å². The molecule has 0 N–H and O–H groups in total. The Morgan fingerprint density at radius 2 is 2.17 bits per heavy atom. The third-order valence-electron chi connectivity index (χ3n) is 3.02. The van der Waals surface area contributed by atoms with Gasteiger partial charge >= 0.3 is 0 Å². The van der Waals surface area contributed by atoms with Crippen LogP contribution in [0.5, 0.6) is 0 Å². The largest absolute Gasteiger partial charge is 0.294 e. The highest BCUT2D eigenvalue weighted by Crippen LogP contribution is 2.22. The Kier molecular flexibility index (Phi) is 3.97. The Morgan fingerprint density at radius 3 is 2.83 bits per heavy atom. The van der Waals surface area contributed by atoms with Gasteiger partial charge in [0, 0.05) is 35.4 Å². The fourth-order valence-electron chi connectivity index (χ4n) is 1.89. The molecule has 0 fully saturated rings. The molecule has 0 aliphatic rings. The lowest BCUT2D eigenvalue weighted by atomic mass is 10.0. The van der Waals surface area contributed by atoms with Crippen LogP contribution < -0.4 is 0 Å². The third kappa shape index (κ3) is 2.70. The number of halogens is 1. The zero-order valence-corrected chi connectivity index (χ0v) is 12.1. The minimum absolute atomic E-state index is 0.159. The van der Waals surface area contributed by atoms with E-state index in [1.807, 2.05) is 38.2 Å². The van der Waals surface area contributed by atoms with E-state index >= 15 is 0 Å². The molecule has 4 heteroatoms. The molecular formula is C14H15BrN2O. The summed E-state index contributed by atoms with van der Waals surface area (Å²) in [6.07, 6.45) is 2.97. The van der Waals surface area contributed by atoms with Crippen molar-refractivity contribution in [3.63, 3.8) is 0 Å². The van der Waals surface area contributed by atoms with Crippen LogP contribution in [0.2, 0.25) is 0 Å². The molecule has 0 unspecified atom stereocenters. The Hall–Kier alpha value is -1.42. The number of carbonyl (C=O) groups excluding carboxylic acids is 1. The second kappa shape index (κ2) is 5.48. The normalized spacial score (nSPS) is 10.6. The van der Waals surface area contributed by atoms with Crippen molar-refractivity contribution in [2.24, 2.45) is 7.05 Å². The Morgan fingerprint density at radius 1 is 1.39 bits per heavy atom. The van der Waals surface area contributed by atoms with Gasteiger partial charge in [-0.3, -0.25) is 9.48 Å². The average Bonchev–Trinajstić information content (AvgIpc) is 2.75. The summed E-state index contributed by atoms with van der Waals surface area (Å²) in [4.78, 5) is 12.2. The number of rotatable bonds is 4. The van der Waals surface area contributed by atoms with Gasteiger partial charge in [0.15, 0.2) is 5.78 Å². The summed E-state index contributed by atoms with van der Waals surface area (Å²) in [6.45, 7) is 1.99. The molecular weight excluding hydrogens is 292 g/mol. The number of aryl methyl sites for hydroxylation is 3. The molecule has 0 saturated carbocycles. The fraction of sp³-hybridized carbons (Fsp3) is 0.286. The lowest BCUT2D eigenvalue weighted by Crippen LogP contribution is -2.05. The first-order chi connectivity index (χ1) is 8.59. The number of carbonyl (C=O) groups is 1. The van der Waals surface area contributed by atoms with E-state index < -0.39 is 0 Å². The van der Waals surface area contributed by atoms with Crippen LogP contribution in [0.3, 0.4) is 0 Å². The van der Waals surface area contributed by atoms with Crippen LogP contribution in [0, 0.1) is 6.92 Å². The van der Waals surface area contributed by atoms with Crippen LogP contribution in [-0.2, 0) is 13.5 Å². The smallest absolute Gasteiger partial charge is 0.164 e. The summed E-state index contributed by atoms with van der Waals surface area (Å²) in [7, 11) is 1.89. The summed E-state index contributed by atoms with van der Waals surface area (Å²) in [5.41, 5.74) is 2.92. The maximum Gasteiger partial charge on any atom is 0.164 e. The van der Waals surface area contributed by atoms with Crippen LogP contribution in [0.25, 0.3) is 0 Å². The summed E-state index contributed by atoms with van der Waals surface area (Å²) >= 11 is 3.48. The number of benzene rings is 1. The average molecular weight is 307 g/mol. The van der Waals surface area contributed by atoms with E-state index in [4.69, 9.17) is 0 Å².